The maximum absolute atomic E-state index is 9.44. The van der Waals surface area contributed by atoms with Gasteiger partial charge in [-0.25, -0.2) is 0 Å². The second-order valence-corrected chi connectivity index (χ2v) is 4.93. The average molecular weight is 267 g/mol. The summed E-state index contributed by atoms with van der Waals surface area (Å²) in [6, 6.07) is 16.0. The number of aliphatic hydroxyl groups excluding tert-OH is 2. The number of aliphatic hydroxyl groups is 2. The lowest BCUT2D eigenvalue weighted by atomic mass is 10.1. The van der Waals surface area contributed by atoms with Crippen LogP contribution in [0, 0.1) is 0 Å². The van der Waals surface area contributed by atoms with Crippen LogP contribution in [0.3, 0.4) is 0 Å². The third-order valence-electron chi connectivity index (χ3n) is 3.60. The highest BCUT2D eigenvalue weighted by Gasteiger charge is 2.07. The third-order valence-corrected chi connectivity index (χ3v) is 3.60. The van der Waals surface area contributed by atoms with Crippen molar-refractivity contribution in [2.24, 2.45) is 0 Å². The quantitative estimate of drug-likeness (QED) is 0.763. The van der Waals surface area contributed by atoms with E-state index in [2.05, 4.69) is 10.6 Å². The summed E-state index contributed by atoms with van der Waals surface area (Å²) in [5, 5.41) is 19.6. The molecular formula is C17H17NO2. The summed E-state index contributed by atoms with van der Waals surface area (Å²) in [5.74, 6) is 0. The molecule has 20 heavy (non-hydrogen) atoms. The van der Waals surface area contributed by atoms with Crippen molar-refractivity contribution in [1.29, 1.82) is 0 Å². The molecule has 0 saturated heterocycles. The molecule has 0 radical (unpaired) electrons. The zero-order chi connectivity index (χ0) is 13.9. The fourth-order valence-corrected chi connectivity index (χ4v) is 2.53. The van der Waals surface area contributed by atoms with Gasteiger partial charge in [0.15, 0.2) is 0 Å². The van der Waals surface area contributed by atoms with Crippen LogP contribution in [0.5, 0.6) is 0 Å². The predicted octanol–water partition coefficient (Wildman–Crippen LogP) is 2.67. The number of nitrogens with zero attached hydrogens (tertiary/aromatic N) is 1. The zero-order valence-electron chi connectivity index (χ0n) is 11.2. The fourth-order valence-electron chi connectivity index (χ4n) is 2.53. The van der Waals surface area contributed by atoms with Crippen molar-refractivity contribution in [2.45, 2.75) is 19.8 Å². The molecule has 0 fully saturated rings. The van der Waals surface area contributed by atoms with Crippen LogP contribution in [0.4, 0.5) is 0 Å². The highest BCUT2D eigenvalue weighted by Crippen LogP contribution is 2.22. The SMILES string of the molecule is OCc1ccc(Cn2cc(CO)c3ccccc32)cc1. The molecule has 3 rings (SSSR count). The van der Waals surface area contributed by atoms with E-state index in [0.717, 1.165) is 28.6 Å². The lowest BCUT2D eigenvalue weighted by Crippen LogP contribution is -1.98. The maximum atomic E-state index is 9.44. The number of para-hydroxylation sites is 1. The molecular weight excluding hydrogens is 250 g/mol. The van der Waals surface area contributed by atoms with E-state index in [-0.39, 0.29) is 13.2 Å². The van der Waals surface area contributed by atoms with Crippen molar-refractivity contribution >= 4 is 10.9 Å². The summed E-state index contributed by atoms with van der Waals surface area (Å²) in [6.45, 7) is 0.880. The van der Waals surface area contributed by atoms with E-state index in [0.29, 0.717) is 0 Å². The van der Waals surface area contributed by atoms with Crippen LogP contribution in [0.25, 0.3) is 10.9 Å². The van der Waals surface area contributed by atoms with Crippen LogP contribution >= 0.6 is 0 Å². The van der Waals surface area contributed by atoms with Gasteiger partial charge in [-0.2, -0.15) is 0 Å². The van der Waals surface area contributed by atoms with Gasteiger partial charge in [-0.1, -0.05) is 42.5 Å². The normalized spacial score (nSPS) is 11.1. The summed E-state index contributed by atoms with van der Waals surface area (Å²) in [4.78, 5) is 0. The van der Waals surface area contributed by atoms with Gasteiger partial charge in [0.25, 0.3) is 0 Å². The standard InChI is InChI=1S/C17H17NO2/c19-11-14-7-5-13(6-8-14)9-18-10-15(12-20)16-3-1-2-4-17(16)18/h1-8,10,19-20H,9,11-12H2. The van der Waals surface area contributed by atoms with Crippen LogP contribution < -0.4 is 0 Å². The molecule has 0 aliphatic heterocycles. The molecule has 0 amide bonds. The minimum absolute atomic E-state index is 0.0525. The molecule has 1 heterocycles. The van der Waals surface area contributed by atoms with Gasteiger partial charge in [-0.15, -0.1) is 0 Å². The van der Waals surface area contributed by atoms with Crippen LogP contribution in [0.1, 0.15) is 16.7 Å². The molecule has 3 heteroatoms. The molecule has 0 unspecified atom stereocenters. The van der Waals surface area contributed by atoms with E-state index in [1.165, 1.54) is 5.56 Å². The van der Waals surface area contributed by atoms with Crippen molar-refractivity contribution in [3.63, 3.8) is 0 Å². The molecule has 0 spiro atoms. The minimum Gasteiger partial charge on any atom is -0.392 e. The van der Waals surface area contributed by atoms with Crippen molar-refractivity contribution in [3.05, 3.63) is 71.4 Å². The van der Waals surface area contributed by atoms with Crippen LogP contribution in [0.15, 0.2) is 54.7 Å². The van der Waals surface area contributed by atoms with Crippen molar-refractivity contribution in [1.82, 2.24) is 4.57 Å². The molecule has 3 aromatic rings. The summed E-state index contributed by atoms with van der Waals surface area (Å²) < 4.78 is 2.15. The molecule has 3 nitrogen and oxygen atoms in total. The van der Waals surface area contributed by atoms with Gasteiger partial charge in [-0.05, 0) is 17.2 Å². The Labute approximate surface area is 117 Å². The number of benzene rings is 2. The monoisotopic (exact) mass is 267 g/mol. The Hall–Kier alpha value is -2.10. The van der Waals surface area contributed by atoms with Crippen molar-refractivity contribution in [3.8, 4) is 0 Å². The predicted molar refractivity (Wildman–Crippen MR) is 79.3 cm³/mol. The lowest BCUT2D eigenvalue weighted by Gasteiger charge is -2.06. The Balaban J connectivity index is 1.97. The summed E-state index contributed by atoms with van der Waals surface area (Å²) in [6.07, 6.45) is 2.00. The first-order valence-electron chi connectivity index (χ1n) is 6.68. The Morgan fingerprint density at radius 3 is 2.20 bits per heavy atom. The van der Waals surface area contributed by atoms with E-state index in [1.807, 2.05) is 48.7 Å². The van der Waals surface area contributed by atoms with Gasteiger partial charge in [0.2, 0.25) is 0 Å². The summed E-state index contributed by atoms with van der Waals surface area (Å²) in [7, 11) is 0. The van der Waals surface area contributed by atoms with Crippen LogP contribution in [-0.2, 0) is 19.8 Å². The van der Waals surface area contributed by atoms with E-state index >= 15 is 0 Å². The molecule has 102 valence electrons. The average Bonchev–Trinajstić information content (AvgIpc) is 2.86. The Morgan fingerprint density at radius 2 is 1.50 bits per heavy atom. The molecule has 0 atom stereocenters. The number of aromatic nitrogens is 1. The molecule has 2 N–H and O–H groups in total. The van der Waals surface area contributed by atoms with Crippen molar-refractivity contribution < 1.29 is 10.2 Å². The number of hydrogen-bond acceptors (Lipinski definition) is 2. The van der Waals surface area contributed by atoms with Crippen LogP contribution in [0.2, 0.25) is 0 Å². The first-order chi connectivity index (χ1) is 9.81. The van der Waals surface area contributed by atoms with E-state index in [1.54, 1.807) is 0 Å². The van der Waals surface area contributed by atoms with E-state index in [9.17, 15) is 5.11 Å². The molecule has 0 aliphatic rings. The minimum atomic E-state index is 0.0525. The van der Waals surface area contributed by atoms with E-state index in [4.69, 9.17) is 5.11 Å². The Kier molecular flexibility index (Phi) is 3.54. The molecule has 0 saturated carbocycles. The summed E-state index contributed by atoms with van der Waals surface area (Å²) >= 11 is 0. The van der Waals surface area contributed by atoms with Gasteiger partial charge in [0.1, 0.15) is 0 Å². The molecule has 1 aromatic heterocycles. The Morgan fingerprint density at radius 1 is 0.800 bits per heavy atom. The largest absolute Gasteiger partial charge is 0.392 e. The van der Waals surface area contributed by atoms with Gasteiger partial charge in [-0.3, -0.25) is 0 Å². The second kappa shape index (κ2) is 5.49. The topological polar surface area (TPSA) is 45.4 Å². The third kappa shape index (κ3) is 2.33. The van der Waals surface area contributed by atoms with E-state index < -0.39 is 0 Å². The molecule has 2 aromatic carbocycles. The Bertz CT molecular complexity index is 713. The van der Waals surface area contributed by atoms with Gasteiger partial charge >= 0.3 is 0 Å². The smallest absolute Gasteiger partial charge is 0.0702 e. The van der Waals surface area contributed by atoms with Gasteiger partial charge in [0, 0.05) is 29.2 Å². The lowest BCUT2D eigenvalue weighted by molar-refractivity contribution is 0.281. The maximum Gasteiger partial charge on any atom is 0.0702 e. The first-order valence-corrected chi connectivity index (χ1v) is 6.68. The highest BCUT2D eigenvalue weighted by molar-refractivity contribution is 5.83. The fraction of sp³-hybridized carbons (Fsp3) is 0.176. The number of fused-ring (bicyclic) bond motifs is 1. The first kappa shape index (κ1) is 12.9. The van der Waals surface area contributed by atoms with Crippen molar-refractivity contribution in [2.75, 3.05) is 0 Å². The summed E-state index contributed by atoms with van der Waals surface area (Å²) in [5.41, 5.74) is 4.17. The molecule has 0 bridgehead atoms. The second-order valence-electron chi connectivity index (χ2n) is 4.93. The highest BCUT2D eigenvalue weighted by atomic mass is 16.3. The number of hydrogen-bond donors (Lipinski definition) is 2. The number of rotatable bonds is 4. The molecule has 0 aliphatic carbocycles. The van der Waals surface area contributed by atoms with Gasteiger partial charge < -0.3 is 14.8 Å². The van der Waals surface area contributed by atoms with Crippen LogP contribution in [-0.4, -0.2) is 14.8 Å². The van der Waals surface area contributed by atoms with Gasteiger partial charge in [0.05, 0.1) is 13.2 Å². The zero-order valence-corrected chi connectivity index (χ0v) is 11.2.